The molecule has 0 bridgehead atoms. The van der Waals surface area contributed by atoms with Crippen LogP contribution < -0.4 is 4.18 Å². The van der Waals surface area contributed by atoms with Gasteiger partial charge in [0.25, 0.3) is 0 Å². The summed E-state index contributed by atoms with van der Waals surface area (Å²) in [5.41, 5.74) is 1.91. The fourth-order valence-corrected chi connectivity index (χ4v) is 3.08. The molecule has 2 aromatic rings. The zero-order chi connectivity index (χ0) is 14.0. The van der Waals surface area contributed by atoms with E-state index in [4.69, 9.17) is 15.8 Å². The molecule has 0 fully saturated rings. The average molecular weight is 297 g/mol. The van der Waals surface area contributed by atoms with E-state index in [-0.39, 0.29) is 15.7 Å². The molecule has 0 atom stereocenters. The number of hydrogen-bond acceptors (Lipinski definition) is 3. The van der Waals surface area contributed by atoms with Crippen molar-refractivity contribution in [2.75, 3.05) is 0 Å². The first-order valence-electron chi connectivity index (χ1n) is 5.66. The fraction of sp³-hybridized carbons (Fsp3) is 0.143. The molecule has 5 heteroatoms. The second kappa shape index (κ2) is 5.23. The summed E-state index contributed by atoms with van der Waals surface area (Å²) < 4.78 is 29.3. The maximum atomic E-state index is 12.1. The van der Waals surface area contributed by atoms with Gasteiger partial charge in [-0.15, -0.1) is 0 Å². The van der Waals surface area contributed by atoms with Gasteiger partial charge in [-0.3, -0.25) is 0 Å². The van der Waals surface area contributed by atoms with Crippen molar-refractivity contribution in [3.63, 3.8) is 0 Å². The first-order valence-corrected chi connectivity index (χ1v) is 7.44. The van der Waals surface area contributed by atoms with Crippen LogP contribution in [0.5, 0.6) is 5.75 Å². The summed E-state index contributed by atoms with van der Waals surface area (Å²) in [6.45, 7) is 3.75. The van der Waals surface area contributed by atoms with Gasteiger partial charge in [-0.1, -0.05) is 35.4 Å². The number of aryl methyl sites for hydroxylation is 2. The van der Waals surface area contributed by atoms with Crippen molar-refractivity contribution in [3.05, 3.63) is 58.6 Å². The summed E-state index contributed by atoms with van der Waals surface area (Å²) in [6, 6.07) is 11.5. The van der Waals surface area contributed by atoms with E-state index in [1.807, 2.05) is 13.8 Å². The third-order valence-corrected chi connectivity index (χ3v) is 4.31. The lowest BCUT2D eigenvalue weighted by Crippen LogP contribution is -2.10. The second-order valence-electron chi connectivity index (χ2n) is 4.28. The van der Waals surface area contributed by atoms with Crippen molar-refractivity contribution in [3.8, 4) is 5.75 Å². The van der Waals surface area contributed by atoms with Gasteiger partial charge in [-0.25, -0.2) is 0 Å². The van der Waals surface area contributed by atoms with Crippen molar-refractivity contribution in [1.29, 1.82) is 0 Å². The molecule has 0 spiro atoms. The van der Waals surface area contributed by atoms with Gasteiger partial charge in [0.15, 0.2) is 0 Å². The van der Waals surface area contributed by atoms with Crippen molar-refractivity contribution in [2.45, 2.75) is 18.7 Å². The Labute approximate surface area is 117 Å². The molecule has 0 saturated carbocycles. The minimum atomic E-state index is -3.91. The van der Waals surface area contributed by atoms with E-state index >= 15 is 0 Å². The first-order chi connectivity index (χ1) is 8.88. The zero-order valence-corrected chi connectivity index (χ0v) is 12.1. The lowest BCUT2D eigenvalue weighted by molar-refractivity contribution is 0.486. The summed E-state index contributed by atoms with van der Waals surface area (Å²) in [4.78, 5) is -0.0275. The van der Waals surface area contributed by atoms with Crippen LogP contribution in [0.4, 0.5) is 0 Å². The minimum absolute atomic E-state index is 0.0275. The molecule has 2 rings (SSSR count). The molecule has 0 aliphatic rings. The summed E-state index contributed by atoms with van der Waals surface area (Å²) in [5, 5.41) is 0.159. The Morgan fingerprint density at radius 1 is 0.947 bits per heavy atom. The molecule has 0 radical (unpaired) electrons. The van der Waals surface area contributed by atoms with Crippen LogP contribution in [0, 0.1) is 13.8 Å². The molecular weight excluding hydrogens is 284 g/mol. The number of rotatable bonds is 3. The Hall–Kier alpha value is -1.52. The Morgan fingerprint density at radius 2 is 1.53 bits per heavy atom. The van der Waals surface area contributed by atoms with Crippen LogP contribution in [0.15, 0.2) is 47.4 Å². The van der Waals surface area contributed by atoms with Crippen LogP contribution in [-0.2, 0) is 10.1 Å². The Kier molecular flexibility index (Phi) is 3.83. The van der Waals surface area contributed by atoms with Crippen molar-refractivity contribution < 1.29 is 12.6 Å². The van der Waals surface area contributed by atoms with E-state index in [2.05, 4.69) is 0 Å². The summed E-state index contributed by atoms with van der Waals surface area (Å²) in [5.74, 6) is 0.266. The van der Waals surface area contributed by atoms with Gasteiger partial charge >= 0.3 is 10.1 Å². The quantitative estimate of drug-likeness (QED) is 0.811. The second-order valence-corrected chi connectivity index (χ2v) is 6.21. The largest absolute Gasteiger partial charge is 0.379 e. The van der Waals surface area contributed by atoms with E-state index in [1.165, 1.54) is 6.07 Å². The summed E-state index contributed by atoms with van der Waals surface area (Å²) in [6.07, 6.45) is 0. The van der Waals surface area contributed by atoms with Gasteiger partial charge in [0.1, 0.15) is 10.6 Å². The fourth-order valence-electron chi connectivity index (χ4n) is 1.57. The smallest absolute Gasteiger partial charge is 0.340 e. The topological polar surface area (TPSA) is 43.4 Å². The maximum absolute atomic E-state index is 12.1. The molecule has 0 aliphatic heterocycles. The van der Waals surface area contributed by atoms with Crippen LogP contribution in [0.3, 0.4) is 0 Å². The predicted molar refractivity (Wildman–Crippen MR) is 75.2 cm³/mol. The highest BCUT2D eigenvalue weighted by Crippen LogP contribution is 2.26. The van der Waals surface area contributed by atoms with Crippen LogP contribution in [0.2, 0.25) is 5.02 Å². The minimum Gasteiger partial charge on any atom is -0.379 e. The Bertz CT molecular complexity index is 691. The van der Waals surface area contributed by atoms with Crippen molar-refractivity contribution in [2.24, 2.45) is 0 Å². The molecule has 0 unspecified atom stereocenters. The lowest BCUT2D eigenvalue weighted by Gasteiger charge is -2.09. The predicted octanol–water partition coefficient (Wildman–Crippen LogP) is 3.72. The van der Waals surface area contributed by atoms with Crippen molar-refractivity contribution in [1.82, 2.24) is 0 Å². The maximum Gasteiger partial charge on any atom is 0.340 e. The van der Waals surface area contributed by atoms with Crippen LogP contribution in [0.1, 0.15) is 11.1 Å². The zero-order valence-electron chi connectivity index (χ0n) is 10.6. The molecule has 0 N–H and O–H groups in total. The molecule has 0 saturated heterocycles. The normalized spacial score (nSPS) is 11.3. The van der Waals surface area contributed by atoms with Crippen LogP contribution in [-0.4, -0.2) is 8.42 Å². The molecule has 3 nitrogen and oxygen atoms in total. The summed E-state index contributed by atoms with van der Waals surface area (Å²) in [7, 11) is -3.91. The van der Waals surface area contributed by atoms with Crippen molar-refractivity contribution >= 4 is 21.7 Å². The van der Waals surface area contributed by atoms with Gasteiger partial charge in [-0.05, 0) is 43.7 Å². The van der Waals surface area contributed by atoms with Gasteiger partial charge in [0.05, 0.1) is 5.02 Å². The highest BCUT2D eigenvalue weighted by atomic mass is 35.5. The molecule has 0 amide bonds. The highest BCUT2D eigenvalue weighted by Gasteiger charge is 2.20. The molecule has 100 valence electrons. The van der Waals surface area contributed by atoms with Gasteiger partial charge in [-0.2, -0.15) is 8.42 Å². The molecule has 0 aromatic heterocycles. The third kappa shape index (κ3) is 3.28. The molecule has 19 heavy (non-hydrogen) atoms. The van der Waals surface area contributed by atoms with Crippen LogP contribution in [0.25, 0.3) is 0 Å². The molecule has 0 heterocycles. The molecule has 2 aromatic carbocycles. The summed E-state index contributed by atoms with van der Waals surface area (Å²) >= 11 is 5.95. The van der Waals surface area contributed by atoms with E-state index in [0.29, 0.717) is 0 Å². The lowest BCUT2D eigenvalue weighted by atomic mass is 10.2. The Balaban J connectivity index is 2.35. The van der Waals surface area contributed by atoms with Gasteiger partial charge < -0.3 is 4.18 Å². The standard InChI is InChI=1S/C14H13ClO3S/c1-10-3-6-12(7-4-10)18-19(16,17)14-8-5-11(2)9-13(14)15/h3-9H,1-2H3. The highest BCUT2D eigenvalue weighted by molar-refractivity contribution is 7.87. The van der Waals surface area contributed by atoms with Crippen LogP contribution >= 0.6 is 11.6 Å². The van der Waals surface area contributed by atoms with E-state index in [0.717, 1.165) is 11.1 Å². The molecular formula is C14H13ClO3S. The van der Waals surface area contributed by atoms with E-state index in [1.54, 1.807) is 36.4 Å². The Morgan fingerprint density at radius 3 is 2.11 bits per heavy atom. The number of halogens is 1. The van der Waals surface area contributed by atoms with E-state index < -0.39 is 10.1 Å². The van der Waals surface area contributed by atoms with E-state index in [9.17, 15) is 8.42 Å². The third-order valence-electron chi connectivity index (χ3n) is 2.58. The number of hydrogen-bond donors (Lipinski definition) is 0. The first kappa shape index (κ1) is 13.9. The molecule has 0 aliphatic carbocycles. The average Bonchev–Trinajstić information content (AvgIpc) is 2.31. The number of benzene rings is 2. The SMILES string of the molecule is Cc1ccc(OS(=O)(=O)c2ccc(C)cc2Cl)cc1. The monoisotopic (exact) mass is 296 g/mol. The van der Waals surface area contributed by atoms with Gasteiger partial charge in [0, 0.05) is 0 Å². The van der Waals surface area contributed by atoms with Gasteiger partial charge in [0.2, 0.25) is 0 Å².